The van der Waals surface area contributed by atoms with E-state index in [2.05, 4.69) is 10.3 Å². The van der Waals surface area contributed by atoms with E-state index in [0.717, 1.165) is 5.82 Å². The first-order chi connectivity index (χ1) is 4.75. The number of nitrogens with two attached hydrogens (primary N) is 1. The summed E-state index contributed by atoms with van der Waals surface area (Å²) in [6.07, 6.45) is 1.74. The lowest BCUT2D eigenvalue weighted by molar-refractivity contribution is 1.33. The maximum Gasteiger partial charge on any atom is 0.126 e. The molecule has 10 heavy (non-hydrogen) atoms. The molecule has 4 nitrogen and oxygen atoms in total. The number of aromatic nitrogens is 1. The van der Waals surface area contributed by atoms with Gasteiger partial charge in [0.2, 0.25) is 0 Å². The number of hydrogen-bond acceptors (Lipinski definition) is 2. The third kappa shape index (κ3) is 0.953. The quantitative estimate of drug-likeness (QED) is 0.351. The van der Waals surface area contributed by atoms with Crippen LogP contribution in [0.15, 0.2) is 12.3 Å². The minimum absolute atomic E-state index is 0.0746. The van der Waals surface area contributed by atoms with Crippen LogP contribution in [0.3, 0.4) is 0 Å². The molecule has 0 unspecified atom stereocenters. The molecule has 1 heterocycles. The van der Waals surface area contributed by atoms with Gasteiger partial charge in [0.15, 0.2) is 0 Å². The van der Waals surface area contributed by atoms with Crippen molar-refractivity contribution in [3.63, 3.8) is 0 Å². The minimum atomic E-state index is 0.0746. The van der Waals surface area contributed by atoms with Crippen LogP contribution in [0.4, 0.5) is 5.82 Å². The number of aromatic amines is 1. The highest BCUT2D eigenvalue weighted by molar-refractivity contribution is 5.99. The summed E-state index contributed by atoms with van der Waals surface area (Å²) in [5.41, 5.74) is 5.97. The summed E-state index contributed by atoms with van der Waals surface area (Å²) in [6.45, 7) is 0. The molecule has 0 aliphatic heterocycles. The van der Waals surface area contributed by atoms with Crippen molar-refractivity contribution in [3.05, 3.63) is 17.8 Å². The standard InChI is InChI=1S/C6H10N4/c1-9-6-4(5(7)8)2-3-10-6/h2-3,9-10H,1H3,(H3,7,8). The van der Waals surface area contributed by atoms with Gasteiger partial charge < -0.3 is 16.0 Å². The van der Waals surface area contributed by atoms with Crippen molar-refractivity contribution in [1.29, 1.82) is 5.41 Å². The predicted octanol–water partition coefficient (Wildman–Crippen LogP) is 0.340. The van der Waals surface area contributed by atoms with Gasteiger partial charge in [-0.3, -0.25) is 5.41 Å². The Hall–Kier alpha value is -1.45. The second-order valence-electron chi connectivity index (χ2n) is 1.93. The number of H-pyrrole nitrogens is 1. The summed E-state index contributed by atoms with van der Waals surface area (Å²) >= 11 is 0. The smallest absolute Gasteiger partial charge is 0.126 e. The average molecular weight is 138 g/mol. The third-order valence-corrected chi connectivity index (χ3v) is 1.29. The molecule has 0 amide bonds. The summed E-state index contributed by atoms with van der Waals surface area (Å²) in [7, 11) is 1.78. The summed E-state index contributed by atoms with van der Waals surface area (Å²) in [5.74, 6) is 0.859. The summed E-state index contributed by atoms with van der Waals surface area (Å²) in [5, 5.41) is 9.99. The Morgan fingerprint density at radius 1 is 1.80 bits per heavy atom. The normalized spacial score (nSPS) is 9.30. The fourth-order valence-electron chi connectivity index (χ4n) is 0.801. The second-order valence-corrected chi connectivity index (χ2v) is 1.93. The first-order valence-electron chi connectivity index (χ1n) is 2.95. The SMILES string of the molecule is CNc1[nH]ccc1C(=N)N. The molecule has 0 aromatic carbocycles. The second kappa shape index (κ2) is 2.43. The third-order valence-electron chi connectivity index (χ3n) is 1.29. The van der Waals surface area contributed by atoms with E-state index in [-0.39, 0.29) is 5.84 Å². The van der Waals surface area contributed by atoms with Gasteiger partial charge in [-0.25, -0.2) is 0 Å². The zero-order chi connectivity index (χ0) is 7.56. The molecule has 0 saturated heterocycles. The molecule has 5 N–H and O–H groups in total. The van der Waals surface area contributed by atoms with Crippen molar-refractivity contribution in [1.82, 2.24) is 4.98 Å². The van der Waals surface area contributed by atoms with Crippen molar-refractivity contribution in [3.8, 4) is 0 Å². The van der Waals surface area contributed by atoms with Crippen LogP contribution in [0.5, 0.6) is 0 Å². The lowest BCUT2D eigenvalue weighted by Crippen LogP contribution is -2.11. The van der Waals surface area contributed by atoms with E-state index in [9.17, 15) is 0 Å². The zero-order valence-corrected chi connectivity index (χ0v) is 5.73. The molecule has 0 spiro atoms. The highest BCUT2D eigenvalue weighted by Crippen LogP contribution is 2.09. The van der Waals surface area contributed by atoms with Crippen molar-refractivity contribution in [2.24, 2.45) is 5.73 Å². The van der Waals surface area contributed by atoms with E-state index in [1.165, 1.54) is 0 Å². The van der Waals surface area contributed by atoms with E-state index in [1.807, 2.05) is 0 Å². The topological polar surface area (TPSA) is 77.7 Å². The monoisotopic (exact) mass is 138 g/mol. The van der Waals surface area contributed by atoms with E-state index in [1.54, 1.807) is 19.3 Å². The van der Waals surface area contributed by atoms with E-state index >= 15 is 0 Å². The Labute approximate surface area is 58.9 Å². The average Bonchev–Trinajstić information content (AvgIpc) is 2.33. The van der Waals surface area contributed by atoms with Crippen LogP contribution in [0.25, 0.3) is 0 Å². The Kier molecular flexibility index (Phi) is 1.62. The number of hydrogen-bond donors (Lipinski definition) is 4. The van der Waals surface area contributed by atoms with E-state index in [0.29, 0.717) is 5.56 Å². The number of amidine groups is 1. The molecule has 0 aliphatic carbocycles. The summed E-state index contributed by atoms with van der Waals surface area (Å²) in [6, 6.07) is 1.76. The number of rotatable bonds is 2. The van der Waals surface area contributed by atoms with Crippen molar-refractivity contribution >= 4 is 11.7 Å². The lowest BCUT2D eigenvalue weighted by atomic mass is 10.3. The van der Waals surface area contributed by atoms with Crippen molar-refractivity contribution < 1.29 is 0 Å². The molecule has 0 atom stereocenters. The molecule has 1 rings (SSSR count). The van der Waals surface area contributed by atoms with Crippen LogP contribution in [0.1, 0.15) is 5.56 Å². The Balaban J connectivity index is 3.01. The largest absolute Gasteiger partial charge is 0.384 e. The van der Waals surface area contributed by atoms with Crippen LogP contribution in [0, 0.1) is 5.41 Å². The lowest BCUT2D eigenvalue weighted by Gasteiger charge is -1.98. The Bertz CT molecular complexity index is 238. The first kappa shape index (κ1) is 6.67. The molecule has 54 valence electrons. The summed E-state index contributed by atoms with van der Waals surface area (Å²) < 4.78 is 0. The molecule has 0 bridgehead atoms. The van der Waals surface area contributed by atoms with Gasteiger partial charge in [-0.1, -0.05) is 0 Å². The molecular weight excluding hydrogens is 128 g/mol. The highest BCUT2D eigenvalue weighted by atomic mass is 15.0. The fourth-order valence-corrected chi connectivity index (χ4v) is 0.801. The maximum absolute atomic E-state index is 7.11. The number of nitrogen functional groups attached to an aromatic ring is 1. The molecule has 0 fully saturated rings. The minimum Gasteiger partial charge on any atom is -0.384 e. The number of anilines is 1. The van der Waals surface area contributed by atoms with Crippen LogP contribution in [0.2, 0.25) is 0 Å². The molecule has 0 aliphatic rings. The van der Waals surface area contributed by atoms with Gasteiger partial charge >= 0.3 is 0 Å². The number of nitrogens with one attached hydrogen (secondary N) is 3. The Morgan fingerprint density at radius 2 is 2.50 bits per heavy atom. The molecule has 1 aromatic heterocycles. The zero-order valence-electron chi connectivity index (χ0n) is 5.73. The molecule has 1 aromatic rings. The van der Waals surface area contributed by atoms with Crippen LogP contribution < -0.4 is 11.1 Å². The van der Waals surface area contributed by atoms with Gasteiger partial charge in [-0.05, 0) is 6.07 Å². The van der Waals surface area contributed by atoms with E-state index in [4.69, 9.17) is 11.1 Å². The molecular formula is C6H10N4. The Morgan fingerprint density at radius 3 is 2.90 bits per heavy atom. The molecule has 4 heteroatoms. The molecule has 0 saturated carbocycles. The molecule has 0 radical (unpaired) electrons. The first-order valence-corrected chi connectivity index (χ1v) is 2.95. The summed E-state index contributed by atoms with van der Waals surface area (Å²) in [4.78, 5) is 2.90. The van der Waals surface area contributed by atoms with Gasteiger partial charge in [0, 0.05) is 13.2 Å². The van der Waals surface area contributed by atoms with Crippen LogP contribution in [-0.4, -0.2) is 17.9 Å². The highest BCUT2D eigenvalue weighted by Gasteiger charge is 2.02. The van der Waals surface area contributed by atoms with Crippen LogP contribution in [-0.2, 0) is 0 Å². The van der Waals surface area contributed by atoms with Gasteiger partial charge in [-0.2, -0.15) is 0 Å². The maximum atomic E-state index is 7.11. The van der Waals surface area contributed by atoms with Gasteiger partial charge in [0.1, 0.15) is 11.7 Å². The van der Waals surface area contributed by atoms with Gasteiger partial charge in [0.25, 0.3) is 0 Å². The van der Waals surface area contributed by atoms with Crippen molar-refractivity contribution in [2.75, 3.05) is 12.4 Å². The predicted molar refractivity (Wildman–Crippen MR) is 41.4 cm³/mol. The van der Waals surface area contributed by atoms with Crippen LogP contribution >= 0.6 is 0 Å². The van der Waals surface area contributed by atoms with E-state index < -0.39 is 0 Å². The van der Waals surface area contributed by atoms with Crippen molar-refractivity contribution in [2.45, 2.75) is 0 Å². The fraction of sp³-hybridized carbons (Fsp3) is 0.167. The van der Waals surface area contributed by atoms with Gasteiger partial charge in [-0.15, -0.1) is 0 Å². The van der Waals surface area contributed by atoms with Gasteiger partial charge in [0.05, 0.1) is 5.56 Å².